The summed E-state index contributed by atoms with van der Waals surface area (Å²) in [5.74, 6) is -0.635. The summed E-state index contributed by atoms with van der Waals surface area (Å²) in [6.07, 6.45) is 3.04. The second-order valence-electron chi connectivity index (χ2n) is 2.92. The number of ether oxygens (including phenoxy) is 1. The van der Waals surface area contributed by atoms with Gasteiger partial charge in [0.2, 0.25) is 0 Å². The van der Waals surface area contributed by atoms with E-state index in [1.165, 1.54) is 23.1 Å². The maximum Gasteiger partial charge on any atom is 0.281 e. The molecule has 8 heteroatoms. The third kappa shape index (κ3) is 2.95. The van der Waals surface area contributed by atoms with Gasteiger partial charge < -0.3 is 4.74 Å². The molecule has 0 radical (unpaired) electrons. The highest BCUT2D eigenvalue weighted by atomic mass is 32.1. The number of hydrogen-bond donors (Lipinski definition) is 2. The Hall–Kier alpha value is -2.06. The maximum atomic E-state index is 10.7. The van der Waals surface area contributed by atoms with E-state index in [0.29, 0.717) is 16.6 Å². The lowest BCUT2D eigenvalue weighted by Gasteiger charge is -1.99. The van der Waals surface area contributed by atoms with Gasteiger partial charge in [0.25, 0.3) is 11.1 Å². The topological polar surface area (TPSA) is 97.2 Å². The van der Waals surface area contributed by atoms with Gasteiger partial charge in [-0.3, -0.25) is 10.0 Å². The van der Waals surface area contributed by atoms with Crippen LogP contribution in [0.5, 0.6) is 5.19 Å². The molecule has 0 aromatic carbocycles. The Morgan fingerprint density at radius 1 is 1.53 bits per heavy atom. The largest absolute Gasteiger partial charge is 0.460 e. The van der Waals surface area contributed by atoms with Gasteiger partial charge in [-0.15, -0.1) is 0 Å². The molecule has 2 N–H and O–H groups in total. The smallest absolute Gasteiger partial charge is 0.281 e. The van der Waals surface area contributed by atoms with Crippen LogP contribution in [-0.4, -0.2) is 32.7 Å². The van der Waals surface area contributed by atoms with Gasteiger partial charge in [0.15, 0.2) is 6.61 Å². The molecule has 0 aliphatic rings. The van der Waals surface area contributed by atoms with E-state index in [4.69, 9.17) is 9.94 Å². The number of hydroxylamine groups is 1. The van der Waals surface area contributed by atoms with E-state index in [0.717, 1.165) is 0 Å². The average molecular weight is 252 g/mol. The molecule has 0 spiro atoms. The van der Waals surface area contributed by atoms with Gasteiger partial charge >= 0.3 is 0 Å². The van der Waals surface area contributed by atoms with Crippen molar-refractivity contribution in [1.82, 2.24) is 20.4 Å². The van der Waals surface area contributed by atoms with Gasteiger partial charge in [0.05, 0.1) is 5.69 Å². The summed E-state index contributed by atoms with van der Waals surface area (Å²) in [6, 6.07) is 1.72. The normalized spacial score (nSPS) is 9.94. The van der Waals surface area contributed by atoms with Gasteiger partial charge in [-0.2, -0.15) is 0 Å². The van der Waals surface area contributed by atoms with E-state index in [-0.39, 0.29) is 6.61 Å². The first-order valence-electron chi connectivity index (χ1n) is 4.57. The minimum atomic E-state index is -0.635. The van der Waals surface area contributed by atoms with Crippen LogP contribution in [0.25, 0.3) is 11.4 Å². The molecule has 0 aliphatic carbocycles. The van der Waals surface area contributed by atoms with Crippen LogP contribution in [0.3, 0.4) is 0 Å². The van der Waals surface area contributed by atoms with Crippen LogP contribution < -0.4 is 10.2 Å². The zero-order valence-electron chi connectivity index (χ0n) is 8.53. The van der Waals surface area contributed by atoms with Crippen molar-refractivity contribution in [1.29, 1.82) is 0 Å². The predicted molar refractivity (Wildman–Crippen MR) is 58.6 cm³/mol. The standard InChI is InChI=1S/C9H8N4O3S/c14-8(13-15)3-16-9-12-7(4-17-9)6-1-2-10-5-11-6/h1-2,4-5,15H,3H2,(H,13,14). The van der Waals surface area contributed by atoms with Crippen molar-refractivity contribution in [3.05, 3.63) is 24.0 Å². The first-order chi connectivity index (χ1) is 8.29. The Balaban J connectivity index is 2.04. The van der Waals surface area contributed by atoms with E-state index >= 15 is 0 Å². The Morgan fingerprint density at radius 2 is 2.41 bits per heavy atom. The second-order valence-corrected chi connectivity index (χ2v) is 3.74. The van der Waals surface area contributed by atoms with Crippen LogP contribution in [0.1, 0.15) is 0 Å². The summed E-state index contributed by atoms with van der Waals surface area (Å²) >= 11 is 1.24. The third-order valence-corrected chi connectivity index (χ3v) is 2.53. The van der Waals surface area contributed by atoms with Crippen molar-refractivity contribution in [2.75, 3.05) is 6.61 Å². The van der Waals surface area contributed by atoms with Crippen LogP contribution >= 0.6 is 11.3 Å². The molecule has 2 aromatic heterocycles. The number of carbonyl (C=O) groups is 1. The highest BCUT2D eigenvalue weighted by molar-refractivity contribution is 7.11. The lowest BCUT2D eigenvalue weighted by Crippen LogP contribution is -2.25. The van der Waals surface area contributed by atoms with Gasteiger partial charge in [0, 0.05) is 11.6 Å². The molecule has 88 valence electrons. The van der Waals surface area contributed by atoms with Crippen molar-refractivity contribution < 1.29 is 14.7 Å². The molecule has 0 fully saturated rings. The Labute approximate surface area is 100 Å². The van der Waals surface area contributed by atoms with Crippen molar-refractivity contribution in [2.24, 2.45) is 0 Å². The maximum absolute atomic E-state index is 10.7. The Morgan fingerprint density at radius 3 is 3.12 bits per heavy atom. The van der Waals surface area contributed by atoms with E-state index < -0.39 is 5.91 Å². The summed E-state index contributed by atoms with van der Waals surface area (Å²) in [6.45, 7) is -0.284. The molecule has 2 rings (SSSR count). The number of thiazole rings is 1. The predicted octanol–water partition coefficient (Wildman–Crippen LogP) is 0.484. The summed E-state index contributed by atoms with van der Waals surface area (Å²) in [4.78, 5) is 22.7. The molecule has 0 bridgehead atoms. The van der Waals surface area contributed by atoms with E-state index in [9.17, 15) is 4.79 Å². The highest BCUT2D eigenvalue weighted by Crippen LogP contribution is 2.24. The lowest BCUT2D eigenvalue weighted by molar-refractivity contribution is -0.131. The first kappa shape index (κ1) is 11.4. The number of aromatic nitrogens is 3. The summed E-state index contributed by atoms with van der Waals surface area (Å²) in [7, 11) is 0. The zero-order chi connectivity index (χ0) is 12.1. The Kier molecular flexibility index (Phi) is 3.58. The van der Waals surface area contributed by atoms with E-state index in [2.05, 4.69) is 15.0 Å². The molecule has 0 aliphatic heterocycles. The van der Waals surface area contributed by atoms with Crippen LogP contribution in [0.2, 0.25) is 0 Å². The molecule has 0 atom stereocenters. The number of rotatable bonds is 4. The SMILES string of the molecule is O=C(COc1nc(-c2ccncn2)cs1)NO. The van der Waals surface area contributed by atoms with E-state index in [1.807, 2.05) is 0 Å². The fourth-order valence-corrected chi connectivity index (χ4v) is 1.71. The van der Waals surface area contributed by atoms with E-state index in [1.54, 1.807) is 17.6 Å². The third-order valence-electron chi connectivity index (χ3n) is 1.78. The first-order valence-corrected chi connectivity index (χ1v) is 5.45. The molecule has 2 aromatic rings. The fourth-order valence-electron chi connectivity index (χ4n) is 1.04. The van der Waals surface area contributed by atoms with Crippen molar-refractivity contribution in [3.63, 3.8) is 0 Å². The number of amides is 1. The van der Waals surface area contributed by atoms with Crippen molar-refractivity contribution >= 4 is 17.2 Å². The van der Waals surface area contributed by atoms with Crippen LogP contribution in [0.15, 0.2) is 24.0 Å². The van der Waals surface area contributed by atoms with Gasteiger partial charge in [0.1, 0.15) is 12.0 Å². The van der Waals surface area contributed by atoms with Crippen molar-refractivity contribution in [3.8, 4) is 16.6 Å². The molecule has 0 saturated carbocycles. The van der Waals surface area contributed by atoms with Gasteiger partial charge in [-0.1, -0.05) is 11.3 Å². The van der Waals surface area contributed by atoms with Gasteiger partial charge in [-0.25, -0.2) is 20.4 Å². The minimum Gasteiger partial charge on any atom is -0.460 e. The molecular weight excluding hydrogens is 244 g/mol. The second kappa shape index (κ2) is 5.32. The summed E-state index contributed by atoms with van der Waals surface area (Å²) in [5, 5.41) is 10.4. The number of nitrogens with one attached hydrogen (secondary N) is 1. The highest BCUT2D eigenvalue weighted by Gasteiger charge is 2.07. The summed E-state index contributed by atoms with van der Waals surface area (Å²) < 4.78 is 5.05. The van der Waals surface area contributed by atoms with Crippen molar-refractivity contribution in [2.45, 2.75) is 0 Å². The number of nitrogens with zero attached hydrogens (tertiary/aromatic N) is 3. The number of hydrogen-bond acceptors (Lipinski definition) is 7. The molecule has 0 unspecified atom stereocenters. The van der Waals surface area contributed by atoms with Crippen LogP contribution in [0, 0.1) is 0 Å². The molecular formula is C9H8N4O3S. The quantitative estimate of drug-likeness (QED) is 0.607. The molecule has 17 heavy (non-hydrogen) atoms. The monoisotopic (exact) mass is 252 g/mol. The van der Waals surface area contributed by atoms with Crippen LogP contribution in [-0.2, 0) is 4.79 Å². The van der Waals surface area contributed by atoms with Gasteiger partial charge in [-0.05, 0) is 6.07 Å². The fraction of sp³-hybridized carbons (Fsp3) is 0.111. The summed E-state index contributed by atoms with van der Waals surface area (Å²) in [5.41, 5.74) is 2.79. The molecule has 2 heterocycles. The molecule has 0 saturated heterocycles. The average Bonchev–Trinajstić information content (AvgIpc) is 2.86. The Bertz CT molecular complexity index is 502. The zero-order valence-corrected chi connectivity index (χ0v) is 9.35. The number of carbonyl (C=O) groups excluding carboxylic acids is 1. The molecule has 1 amide bonds. The molecule has 7 nitrogen and oxygen atoms in total. The van der Waals surface area contributed by atoms with Crippen LogP contribution in [0.4, 0.5) is 0 Å². The minimum absolute atomic E-state index is 0.284. The lowest BCUT2D eigenvalue weighted by atomic mass is 10.3.